The van der Waals surface area contributed by atoms with Gasteiger partial charge in [0, 0.05) is 24.7 Å². The summed E-state index contributed by atoms with van der Waals surface area (Å²) in [5.74, 6) is -0.242. The Morgan fingerprint density at radius 3 is 2.74 bits per heavy atom. The summed E-state index contributed by atoms with van der Waals surface area (Å²) in [4.78, 5) is 25.3. The molecule has 0 radical (unpaired) electrons. The van der Waals surface area contributed by atoms with Gasteiger partial charge in [-0.1, -0.05) is 18.2 Å². The lowest BCUT2D eigenvalue weighted by Crippen LogP contribution is -2.50. The molecule has 1 saturated carbocycles. The minimum absolute atomic E-state index is 0.0152. The fraction of sp³-hybridized carbons (Fsp3) is 0.444. The van der Waals surface area contributed by atoms with Crippen LogP contribution in [0.2, 0.25) is 0 Å². The quantitative estimate of drug-likeness (QED) is 0.534. The summed E-state index contributed by atoms with van der Waals surface area (Å²) in [6, 6.07) is 12.2. The van der Waals surface area contributed by atoms with Crippen molar-refractivity contribution < 1.29 is 14.0 Å². The zero-order chi connectivity index (χ0) is 24.2. The molecule has 5 atom stereocenters. The molecule has 6 rings (SSSR count). The van der Waals surface area contributed by atoms with Gasteiger partial charge in [-0.25, -0.2) is 4.39 Å². The molecule has 0 aromatic heterocycles. The van der Waals surface area contributed by atoms with Gasteiger partial charge in [0.25, 0.3) is 0 Å². The summed E-state index contributed by atoms with van der Waals surface area (Å²) in [7, 11) is 0. The van der Waals surface area contributed by atoms with E-state index in [9.17, 15) is 14.9 Å². The molecular weight excluding hydrogens is 445 g/mol. The van der Waals surface area contributed by atoms with Crippen LogP contribution in [0.3, 0.4) is 0 Å². The largest absolute Gasteiger partial charge is 0.339 e. The average Bonchev–Trinajstić information content (AvgIpc) is 3.66. The summed E-state index contributed by atoms with van der Waals surface area (Å²) >= 11 is 0. The first-order valence-corrected chi connectivity index (χ1v) is 12.4. The van der Waals surface area contributed by atoms with Crippen molar-refractivity contribution in [2.75, 3.05) is 18.4 Å². The van der Waals surface area contributed by atoms with E-state index >= 15 is 4.39 Å². The molecule has 1 aliphatic carbocycles. The number of benzene rings is 2. The zero-order valence-corrected chi connectivity index (χ0v) is 19.4. The van der Waals surface area contributed by atoms with E-state index in [0.717, 1.165) is 49.0 Å². The van der Waals surface area contributed by atoms with Gasteiger partial charge in [0.15, 0.2) is 0 Å². The zero-order valence-electron chi connectivity index (χ0n) is 19.4. The summed E-state index contributed by atoms with van der Waals surface area (Å²) < 4.78 is 15.1. The number of anilines is 1. The number of halogens is 1. The highest BCUT2D eigenvalue weighted by molar-refractivity contribution is 6.07. The molecule has 3 aliphatic heterocycles. The molecule has 7 nitrogen and oxygen atoms in total. The van der Waals surface area contributed by atoms with E-state index in [0.29, 0.717) is 29.6 Å². The highest BCUT2D eigenvalue weighted by Gasteiger charge is 2.48. The maximum Gasteiger partial charge on any atom is 0.238 e. The second-order valence-corrected chi connectivity index (χ2v) is 10.3. The van der Waals surface area contributed by atoms with Crippen LogP contribution in [0.15, 0.2) is 36.4 Å². The molecule has 1 spiro atoms. The Bertz CT molecular complexity index is 1250. The maximum absolute atomic E-state index is 15.1. The molecule has 3 heterocycles. The van der Waals surface area contributed by atoms with Crippen LogP contribution in [-0.2, 0) is 21.4 Å². The van der Waals surface area contributed by atoms with Gasteiger partial charge in [-0.3, -0.25) is 9.59 Å². The van der Waals surface area contributed by atoms with E-state index in [1.165, 1.54) is 6.07 Å². The molecule has 35 heavy (non-hydrogen) atoms. The average molecular weight is 474 g/mol. The van der Waals surface area contributed by atoms with Crippen LogP contribution in [0.25, 0.3) is 11.1 Å². The number of nitriles is 1. The van der Waals surface area contributed by atoms with Crippen LogP contribution < -0.4 is 21.3 Å². The maximum atomic E-state index is 15.1. The predicted molar refractivity (Wildman–Crippen MR) is 129 cm³/mol. The minimum atomic E-state index is -0.796. The fourth-order valence-electron chi connectivity index (χ4n) is 6.36. The van der Waals surface area contributed by atoms with E-state index in [1.807, 2.05) is 24.3 Å². The molecule has 1 unspecified atom stereocenters. The Hall–Kier alpha value is -3.28. The number of nitrogens with one attached hydrogen (secondary N) is 4. The van der Waals surface area contributed by atoms with Gasteiger partial charge in [-0.15, -0.1) is 0 Å². The van der Waals surface area contributed by atoms with Crippen LogP contribution in [0.5, 0.6) is 0 Å². The Morgan fingerprint density at radius 1 is 1.23 bits per heavy atom. The molecular formula is C27H28FN5O2. The van der Waals surface area contributed by atoms with Crippen LogP contribution in [0, 0.1) is 23.1 Å². The van der Waals surface area contributed by atoms with Crippen molar-refractivity contribution in [3.8, 4) is 17.2 Å². The topological polar surface area (TPSA) is 106 Å². The highest BCUT2D eigenvalue weighted by atomic mass is 19.1. The second-order valence-electron chi connectivity index (χ2n) is 10.3. The molecule has 3 fully saturated rings. The molecule has 4 N–H and O–H groups in total. The summed E-state index contributed by atoms with van der Waals surface area (Å²) in [5.41, 5.74) is 3.14. The van der Waals surface area contributed by atoms with Crippen molar-refractivity contribution in [3.05, 3.63) is 53.3 Å². The number of amides is 2. The van der Waals surface area contributed by atoms with E-state index in [2.05, 4.69) is 27.3 Å². The Morgan fingerprint density at radius 2 is 2.06 bits per heavy atom. The molecule has 2 bridgehead atoms. The lowest BCUT2D eigenvalue weighted by Gasteiger charge is -2.23. The van der Waals surface area contributed by atoms with Gasteiger partial charge >= 0.3 is 0 Å². The normalized spacial score (nSPS) is 29.1. The third-order valence-corrected chi connectivity index (χ3v) is 8.30. The summed E-state index contributed by atoms with van der Waals surface area (Å²) in [6.45, 7) is 1.39. The monoisotopic (exact) mass is 473 g/mol. The predicted octanol–water partition coefficient (Wildman–Crippen LogP) is 2.37. The molecule has 2 amide bonds. The molecule has 2 saturated heterocycles. The van der Waals surface area contributed by atoms with Gasteiger partial charge in [-0.2, -0.15) is 5.26 Å². The molecule has 8 heteroatoms. The van der Waals surface area contributed by atoms with Crippen LogP contribution in [0.4, 0.5) is 10.1 Å². The highest BCUT2D eigenvalue weighted by Crippen LogP contribution is 2.43. The van der Waals surface area contributed by atoms with Crippen LogP contribution >= 0.6 is 0 Å². The fourth-order valence-corrected chi connectivity index (χ4v) is 6.36. The Labute approximate surface area is 203 Å². The number of hydrogen-bond acceptors (Lipinski definition) is 5. The summed E-state index contributed by atoms with van der Waals surface area (Å²) in [6.07, 6.45) is 3.99. The van der Waals surface area contributed by atoms with Gasteiger partial charge in [-0.05, 0) is 78.6 Å². The molecule has 180 valence electrons. The number of nitrogens with zero attached hydrogens (tertiary/aromatic N) is 1. The van der Waals surface area contributed by atoms with Gasteiger partial charge in [0.1, 0.15) is 11.9 Å². The van der Waals surface area contributed by atoms with Gasteiger partial charge in [0.2, 0.25) is 11.8 Å². The van der Waals surface area contributed by atoms with Crippen molar-refractivity contribution in [1.82, 2.24) is 16.0 Å². The number of rotatable bonds is 5. The standard InChI is InChI=1S/C27H28FN5O2/c28-22-12-16(15-4-6-23-21(11-15)27(26(35)33-23)7-8-30-14-27)1-2-17(22)9-20(13-29)32-25(34)24-18-3-5-19(10-18)31-24/h1-2,4,6,11-12,18-20,24,30-31H,3,5,7-10,14H2,(H,32,34)(H,33,35)/t18-,19+,20-,24-,27?/m0/s1. The van der Waals surface area contributed by atoms with E-state index in [-0.39, 0.29) is 24.3 Å². The first-order valence-electron chi connectivity index (χ1n) is 12.4. The van der Waals surface area contributed by atoms with Crippen molar-refractivity contribution in [2.45, 2.75) is 55.6 Å². The number of hydrogen-bond donors (Lipinski definition) is 4. The van der Waals surface area contributed by atoms with E-state index < -0.39 is 17.3 Å². The van der Waals surface area contributed by atoms with Crippen molar-refractivity contribution >= 4 is 17.5 Å². The molecule has 4 aliphatic rings. The second kappa shape index (κ2) is 8.43. The van der Waals surface area contributed by atoms with Crippen molar-refractivity contribution in [2.24, 2.45) is 5.92 Å². The van der Waals surface area contributed by atoms with Crippen LogP contribution in [-0.4, -0.2) is 43.0 Å². The molecule has 2 aromatic carbocycles. The Kier molecular flexibility index (Phi) is 5.35. The third-order valence-electron chi connectivity index (χ3n) is 8.30. The summed E-state index contributed by atoms with van der Waals surface area (Å²) in [5, 5.41) is 22.0. The Balaban J connectivity index is 1.18. The number of carbonyl (C=O) groups is 2. The lowest BCUT2D eigenvalue weighted by atomic mass is 9.80. The SMILES string of the molecule is N#C[C@H](Cc1ccc(-c2ccc3c(c2)C2(CCNC2)C(=O)N3)cc1F)NC(=O)[C@H]1N[C@@H]2CC[C@H]1C2. The number of carbonyl (C=O) groups excluding carboxylic acids is 2. The van der Waals surface area contributed by atoms with Gasteiger partial charge in [0.05, 0.1) is 17.5 Å². The van der Waals surface area contributed by atoms with Crippen molar-refractivity contribution in [3.63, 3.8) is 0 Å². The number of piperidine rings is 1. The van der Waals surface area contributed by atoms with E-state index in [1.54, 1.807) is 6.07 Å². The lowest BCUT2D eigenvalue weighted by molar-refractivity contribution is -0.124. The first kappa shape index (κ1) is 22.2. The minimum Gasteiger partial charge on any atom is -0.339 e. The molecule has 2 aromatic rings. The van der Waals surface area contributed by atoms with Gasteiger partial charge < -0.3 is 21.3 Å². The third kappa shape index (κ3) is 3.70. The first-order chi connectivity index (χ1) is 17.0. The van der Waals surface area contributed by atoms with Crippen LogP contribution in [0.1, 0.15) is 36.8 Å². The smallest absolute Gasteiger partial charge is 0.238 e. The van der Waals surface area contributed by atoms with Crippen molar-refractivity contribution in [1.29, 1.82) is 5.26 Å². The van der Waals surface area contributed by atoms with E-state index in [4.69, 9.17) is 0 Å². The number of fused-ring (bicyclic) bond motifs is 4.